The molecule has 2 N–H and O–H groups in total. The summed E-state index contributed by atoms with van der Waals surface area (Å²) in [5.74, 6) is -0.734. The molecule has 1 saturated carbocycles. The number of carbonyl (C=O) groups excluding carboxylic acids is 1. The lowest BCUT2D eigenvalue weighted by atomic mass is 10.1. The highest BCUT2D eigenvalue weighted by Crippen LogP contribution is 2.47. The van der Waals surface area contributed by atoms with Gasteiger partial charge in [0.15, 0.2) is 5.82 Å². The van der Waals surface area contributed by atoms with E-state index in [9.17, 15) is 14.7 Å². The molecule has 0 saturated heterocycles. The maximum atomic E-state index is 12.3. The summed E-state index contributed by atoms with van der Waals surface area (Å²) in [6.45, 7) is 5.28. The van der Waals surface area contributed by atoms with E-state index in [0.29, 0.717) is 24.3 Å². The number of carbonyl (C=O) groups is 2. The molecular weight excluding hydrogens is 386 g/mol. The predicted molar refractivity (Wildman–Crippen MR) is 100 cm³/mol. The minimum Gasteiger partial charge on any atom is -0.480 e. The minimum atomic E-state index is -1.11. The van der Waals surface area contributed by atoms with Crippen molar-refractivity contribution in [2.45, 2.75) is 57.1 Å². The van der Waals surface area contributed by atoms with Crippen LogP contribution >= 0.6 is 11.6 Å². The fourth-order valence-corrected chi connectivity index (χ4v) is 2.85. The van der Waals surface area contributed by atoms with Crippen molar-refractivity contribution in [1.82, 2.24) is 15.5 Å². The number of amides is 1. The molecule has 2 aromatic rings. The van der Waals surface area contributed by atoms with Gasteiger partial charge >= 0.3 is 12.1 Å². The van der Waals surface area contributed by atoms with Gasteiger partial charge in [-0.15, -0.1) is 0 Å². The zero-order valence-electron chi connectivity index (χ0n) is 15.9. The molecule has 1 aromatic heterocycles. The van der Waals surface area contributed by atoms with Crippen LogP contribution in [0.1, 0.15) is 56.9 Å². The molecule has 1 atom stereocenters. The Morgan fingerprint density at radius 1 is 1.32 bits per heavy atom. The highest BCUT2D eigenvalue weighted by Gasteiger charge is 2.57. The third kappa shape index (κ3) is 4.62. The highest BCUT2D eigenvalue weighted by atomic mass is 35.5. The Morgan fingerprint density at radius 3 is 2.50 bits per heavy atom. The number of alkyl carbamates (subject to hydrolysis) is 1. The lowest BCUT2D eigenvalue weighted by Gasteiger charge is -2.22. The van der Waals surface area contributed by atoms with Crippen LogP contribution in [-0.2, 0) is 21.4 Å². The van der Waals surface area contributed by atoms with E-state index in [0.717, 1.165) is 5.56 Å². The first kappa shape index (κ1) is 20.1. The molecule has 1 amide bonds. The molecule has 0 bridgehead atoms. The molecule has 9 heteroatoms. The molecule has 28 heavy (non-hydrogen) atoms. The van der Waals surface area contributed by atoms with Gasteiger partial charge in [-0.25, -0.2) is 4.79 Å². The second kappa shape index (κ2) is 7.43. The number of ether oxygens (including phenoxy) is 1. The van der Waals surface area contributed by atoms with E-state index in [1.165, 1.54) is 0 Å². The van der Waals surface area contributed by atoms with Crippen LogP contribution in [0, 0.1) is 0 Å². The number of halogens is 1. The van der Waals surface area contributed by atoms with Gasteiger partial charge in [0.05, 0.1) is 6.04 Å². The zero-order chi connectivity index (χ0) is 20.5. The van der Waals surface area contributed by atoms with E-state index < -0.39 is 29.1 Å². The number of aliphatic carboxylic acids is 1. The van der Waals surface area contributed by atoms with Gasteiger partial charge in [0.1, 0.15) is 11.0 Å². The molecule has 1 aliphatic rings. The van der Waals surface area contributed by atoms with Gasteiger partial charge in [-0.1, -0.05) is 28.9 Å². The van der Waals surface area contributed by atoms with E-state index in [2.05, 4.69) is 15.5 Å². The van der Waals surface area contributed by atoms with Gasteiger partial charge < -0.3 is 19.7 Å². The molecule has 150 valence electrons. The van der Waals surface area contributed by atoms with Crippen LogP contribution in [-0.4, -0.2) is 32.9 Å². The number of nitrogens with one attached hydrogen (secondary N) is 1. The largest absolute Gasteiger partial charge is 0.480 e. The molecule has 0 radical (unpaired) electrons. The second-order valence-electron chi connectivity index (χ2n) is 7.87. The van der Waals surface area contributed by atoms with Crippen molar-refractivity contribution in [2.75, 3.05) is 0 Å². The van der Waals surface area contributed by atoms with Crippen molar-refractivity contribution in [2.24, 2.45) is 0 Å². The Kier molecular flexibility index (Phi) is 5.34. The van der Waals surface area contributed by atoms with E-state index >= 15 is 0 Å². The third-order valence-electron chi connectivity index (χ3n) is 4.37. The molecule has 1 heterocycles. The molecule has 8 nitrogen and oxygen atoms in total. The normalized spacial score (nSPS) is 16.3. The lowest BCUT2D eigenvalue weighted by molar-refractivity contribution is -0.140. The predicted octanol–water partition coefficient (Wildman–Crippen LogP) is 3.65. The maximum absolute atomic E-state index is 12.3. The molecule has 1 fully saturated rings. The summed E-state index contributed by atoms with van der Waals surface area (Å²) in [6, 6.07) is 6.48. The molecular formula is C19H22ClN3O5. The van der Waals surface area contributed by atoms with Crippen LogP contribution in [0.25, 0.3) is 0 Å². The first-order valence-electron chi connectivity index (χ1n) is 8.90. The number of carboxylic acid groups (broad SMARTS) is 1. The van der Waals surface area contributed by atoms with Gasteiger partial charge in [0.2, 0.25) is 5.89 Å². The third-order valence-corrected chi connectivity index (χ3v) is 4.62. The van der Waals surface area contributed by atoms with E-state index in [1.54, 1.807) is 32.9 Å². The number of hydrogen-bond donors (Lipinski definition) is 2. The van der Waals surface area contributed by atoms with Crippen molar-refractivity contribution in [3.63, 3.8) is 0 Å². The standard InChI is InChI=1S/C19H22ClN3O5/c1-18(2,3)27-17(26)21-13(10-11-4-6-12(20)7-5-11)14-22-15(28-23-14)19(8-9-19)16(24)25/h4-7,13H,8-10H2,1-3H3,(H,21,26)(H,24,25). The van der Waals surface area contributed by atoms with Crippen molar-refractivity contribution in [1.29, 1.82) is 0 Å². The topological polar surface area (TPSA) is 115 Å². The summed E-state index contributed by atoms with van der Waals surface area (Å²) < 4.78 is 10.5. The SMILES string of the molecule is CC(C)(C)OC(=O)NC(Cc1ccc(Cl)cc1)c1noc(C2(C(=O)O)CC2)n1. The van der Waals surface area contributed by atoms with E-state index in [4.69, 9.17) is 20.9 Å². The number of carboxylic acids is 1. The van der Waals surface area contributed by atoms with E-state index in [1.807, 2.05) is 12.1 Å². The Bertz CT molecular complexity index is 868. The average Bonchev–Trinajstić information content (AvgIpc) is 3.25. The van der Waals surface area contributed by atoms with Crippen molar-refractivity contribution >= 4 is 23.7 Å². The second-order valence-corrected chi connectivity index (χ2v) is 8.31. The smallest absolute Gasteiger partial charge is 0.408 e. The van der Waals surface area contributed by atoms with Gasteiger partial charge in [-0.2, -0.15) is 4.98 Å². The summed E-state index contributed by atoms with van der Waals surface area (Å²) >= 11 is 5.93. The van der Waals surface area contributed by atoms with Crippen molar-refractivity contribution in [3.05, 3.63) is 46.6 Å². The first-order chi connectivity index (χ1) is 13.1. The van der Waals surface area contributed by atoms with Gasteiger partial charge in [-0.3, -0.25) is 4.79 Å². The Balaban J connectivity index is 1.83. The first-order valence-corrected chi connectivity index (χ1v) is 9.28. The average molecular weight is 408 g/mol. The monoisotopic (exact) mass is 407 g/mol. The summed E-state index contributed by atoms with van der Waals surface area (Å²) in [5.41, 5.74) is -0.892. The summed E-state index contributed by atoms with van der Waals surface area (Å²) in [5, 5.41) is 16.7. The highest BCUT2D eigenvalue weighted by molar-refractivity contribution is 6.30. The maximum Gasteiger partial charge on any atom is 0.408 e. The van der Waals surface area contributed by atoms with Gasteiger partial charge in [0.25, 0.3) is 0 Å². The summed E-state index contributed by atoms with van der Waals surface area (Å²) in [7, 11) is 0. The van der Waals surface area contributed by atoms with E-state index in [-0.39, 0.29) is 11.7 Å². The fraction of sp³-hybridized carbons (Fsp3) is 0.474. The Morgan fingerprint density at radius 2 is 1.96 bits per heavy atom. The lowest BCUT2D eigenvalue weighted by Crippen LogP contribution is -2.36. The summed E-state index contributed by atoms with van der Waals surface area (Å²) in [6.07, 6.45) is 0.628. The Hall–Kier alpha value is -2.61. The number of hydrogen-bond acceptors (Lipinski definition) is 6. The van der Waals surface area contributed by atoms with Crippen LogP contribution in [0.2, 0.25) is 5.02 Å². The summed E-state index contributed by atoms with van der Waals surface area (Å²) in [4.78, 5) is 28.0. The van der Waals surface area contributed by atoms with Crippen LogP contribution in [0.5, 0.6) is 0 Å². The number of aromatic nitrogens is 2. The Labute approximate surface area is 167 Å². The van der Waals surface area contributed by atoms with Gasteiger partial charge in [0, 0.05) is 11.4 Å². The molecule has 1 aromatic carbocycles. The van der Waals surface area contributed by atoms with Crippen LogP contribution < -0.4 is 5.32 Å². The molecule has 0 aliphatic heterocycles. The van der Waals surface area contributed by atoms with Crippen LogP contribution in [0.15, 0.2) is 28.8 Å². The molecule has 1 aliphatic carbocycles. The van der Waals surface area contributed by atoms with Crippen LogP contribution in [0.3, 0.4) is 0 Å². The number of rotatable bonds is 6. The van der Waals surface area contributed by atoms with Gasteiger partial charge in [-0.05, 0) is 51.3 Å². The molecule has 0 spiro atoms. The van der Waals surface area contributed by atoms with Crippen molar-refractivity contribution < 1.29 is 24.0 Å². The van der Waals surface area contributed by atoms with Crippen molar-refractivity contribution in [3.8, 4) is 0 Å². The fourth-order valence-electron chi connectivity index (χ4n) is 2.73. The quantitative estimate of drug-likeness (QED) is 0.750. The van der Waals surface area contributed by atoms with Crippen LogP contribution in [0.4, 0.5) is 4.79 Å². The number of nitrogens with zero attached hydrogens (tertiary/aromatic N) is 2. The minimum absolute atomic E-state index is 0.0575. The molecule has 3 rings (SSSR count). The number of benzene rings is 1. The zero-order valence-corrected chi connectivity index (χ0v) is 16.6. The molecule has 1 unspecified atom stereocenters.